The van der Waals surface area contributed by atoms with E-state index in [1.807, 2.05) is 30.8 Å². The third-order valence-electron chi connectivity index (χ3n) is 1.89. The van der Waals surface area contributed by atoms with Crippen molar-refractivity contribution >= 4 is 11.3 Å². The third kappa shape index (κ3) is 1.03. The Morgan fingerprint density at radius 2 is 2.17 bits per heavy atom. The van der Waals surface area contributed by atoms with Crippen molar-refractivity contribution in [1.82, 2.24) is 9.38 Å². The summed E-state index contributed by atoms with van der Waals surface area (Å²) in [5, 5.41) is 0. The Labute approximate surface area is 71.3 Å². The predicted octanol–water partition coefficient (Wildman–Crippen LogP) is 1.40. The lowest BCUT2D eigenvalue weighted by Crippen LogP contribution is -2.08. The summed E-state index contributed by atoms with van der Waals surface area (Å²) < 4.78 is 2.01. The van der Waals surface area contributed by atoms with E-state index in [2.05, 4.69) is 22.1 Å². The number of hydrogen-bond donors (Lipinski definition) is 0. The summed E-state index contributed by atoms with van der Waals surface area (Å²) in [5.41, 5.74) is 2.17. The Balaban J connectivity index is 2.60. The standard InChI is InChI=1S/C9H11N3/c1-11(2)8-3-4-9-10-5-6-12(9)7-8/h3-7H,1-2H3. The molecule has 2 aromatic heterocycles. The van der Waals surface area contributed by atoms with Crippen molar-refractivity contribution in [2.75, 3.05) is 19.0 Å². The molecule has 3 heteroatoms. The Kier molecular flexibility index (Phi) is 1.50. The van der Waals surface area contributed by atoms with Crippen molar-refractivity contribution in [3.8, 4) is 0 Å². The van der Waals surface area contributed by atoms with Crippen LogP contribution in [0.2, 0.25) is 0 Å². The van der Waals surface area contributed by atoms with Crippen molar-refractivity contribution in [1.29, 1.82) is 0 Å². The molecule has 0 aromatic carbocycles. The second-order valence-electron chi connectivity index (χ2n) is 2.97. The average molecular weight is 161 g/mol. The van der Waals surface area contributed by atoms with Crippen LogP contribution in [0, 0.1) is 0 Å². The van der Waals surface area contributed by atoms with Gasteiger partial charge in [-0.3, -0.25) is 0 Å². The average Bonchev–Trinajstić information content (AvgIpc) is 2.49. The Bertz CT molecular complexity index is 389. The number of nitrogens with zero attached hydrogens (tertiary/aromatic N) is 3. The highest BCUT2D eigenvalue weighted by Crippen LogP contribution is 2.11. The molecule has 0 atom stereocenters. The zero-order chi connectivity index (χ0) is 8.55. The van der Waals surface area contributed by atoms with Gasteiger partial charge in [-0.15, -0.1) is 0 Å². The van der Waals surface area contributed by atoms with E-state index in [0.29, 0.717) is 0 Å². The number of imidazole rings is 1. The summed E-state index contributed by atoms with van der Waals surface area (Å²) in [6.45, 7) is 0. The van der Waals surface area contributed by atoms with Crippen LogP contribution in [0.5, 0.6) is 0 Å². The van der Waals surface area contributed by atoms with Crippen LogP contribution >= 0.6 is 0 Å². The second-order valence-corrected chi connectivity index (χ2v) is 2.97. The SMILES string of the molecule is CN(C)c1ccc2nccn2c1. The van der Waals surface area contributed by atoms with Crippen molar-refractivity contribution in [3.05, 3.63) is 30.7 Å². The van der Waals surface area contributed by atoms with E-state index in [0.717, 1.165) is 5.65 Å². The molecule has 2 heterocycles. The van der Waals surface area contributed by atoms with Crippen molar-refractivity contribution < 1.29 is 0 Å². The molecular formula is C9H11N3. The minimum atomic E-state index is 0.987. The molecule has 12 heavy (non-hydrogen) atoms. The zero-order valence-corrected chi connectivity index (χ0v) is 7.23. The normalized spacial score (nSPS) is 10.5. The molecule has 0 fully saturated rings. The smallest absolute Gasteiger partial charge is 0.136 e. The monoisotopic (exact) mass is 161 g/mol. The Hall–Kier alpha value is -1.51. The molecule has 0 bridgehead atoms. The lowest BCUT2D eigenvalue weighted by Gasteiger charge is -2.11. The highest BCUT2D eigenvalue weighted by Gasteiger charge is 1.96. The van der Waals surface area contributed by atoms with Gasteiger partial charge in [-0.25, -0.2) is 4.98 Å². The molecule has 3 nitrogen and oxygen atoms in total. The van der Waals surface area contributed by atoms with Crippen molar-refractivity contribution in [3.63, 3.8) is 0 Å². The lowest BCUT2D eigenvalue weighted by molar-refractivity contribution is 1.09. The van der Waals surface area contributed by atoms with Crippen LogP contribution < -0.4 is 4.90 Å². The molecule has 2 aromatic rings. The topological polar surface area (TPSA) is 20.5 Å². The summed E-state index contributed by atoms with van der Waals surface area (Å²) in [6.07, 6.45) is 5.80. The molecule has 0 aliphatic carbocycles. The van der Waals surface area contributed by atoms with Gasteiger partial charge in [0.2, 0.25) is 0 Å². The second kappa shape index (κ2) is 2.52. The Morgan fingerprint density at radius 3 is 2.92 bits per heavy atom. The Morgan fingerprint density at radius 1 is 1.33 bits per heavy atom. The maximum Gasteiger partial charge on any atom is 0.136 e. The summed E-state index contributed by atoms with van der Waals surface area (Å²) in [4.78, 5) is 6.23. The summed E-state index contributed by atoms with van der Waals surface area (Å²) in [6, 6.07) is 4.07. The van der Waals surface area contributed by atoms with E-state index < -0.39 is 0 Å². The molecule has 0 radical (unpaired) electrons. The van der Waals surface area contributed by atoms with E-state index >= 15 is 0 Å². The van der Waals surface area contributed by atoms with Crippen LogP contribution in [0.25, 0.3) is 5.65 Å². The minimum absolute atomic E-state index is 0.987. The first-order valence-corrected chi connectivity index (χ1v) is 3.87. The molecule has 0 spiro atoms. The predicted molar refractivity (Wildman–Crippen MR) is 49.5 cm³/mol. The summed E-state index contributed by atoms with van der Waals surface area (Å²) in [5.74, 6) is 0. The number of fused-ring (bicyclic) bond motifs is 1. The lowest BCUT2D eigenvalue weighted by atomic mass is 10.4. The molecule has 62 valence electrons. The maximum absolute atomic E-state index is 4.16. The molecule has 0 amide bonds. The van der Waals surface area contributed by atoms with Gasteiger partial charge in [-0.1, -0.05) is 0 Å². The molecule has 0 unspecified atom stereocenters. The van der Waals surface area contributed by atoms with E-state index in [1.54, 1.807) is 6.20 Å². The fourth-order valence-corrected chi connectivity index (χ4v) is 1.17. The van der Waals surface area contributed by atoms with Crippen LogP contribution in [0.3, 0.4) is 0 Å². The maximum atomic E-state index is 4.16. The minimum Gasteiger partial charge on any atom is -0.376 e. The third-order valence-corrected chi connectivity index (χ3v) is 1.89. The largest absolute Gasteiger partial charge is 0.376 e. The summed E-state index contributed by atoms with van der Waals surface area (Å²) >= 11 is 0. The van der Waals surface area contributed by atoms with Gasteiger partial charge in [-0.05, 0) is 12.1 Å². The van der Waals surface area contributed by atoms with Gasteiger partial charge in [0.1, 0.15) is 5.65 Å². The van der Waals surface area contributed by atoms with Crippen LogP contribution in [0.15, 0.2) is 30.7 Å². The molecule has 0 saturated heterocycles. The van der Waals surface area contributed by atoms with Gasteiger partial charge >= 0.3 is 0 Å². The highest BCUT2D eigenvalue weighted by molar-refractivity contribution is 5.50. The molecule has 0 aliphatic rings. The quantitative estimate of drug-likeness (QED) is 0.630. The zero-order valence-electron chi connectivity index (χ0n) is 7.23. The molecule has 0 saturated carbocycles. The number of pyridine rings is 1. The number of hydrogen-bond acceptors (Lipinski definition) is 2. The number of aromatic nitrogens is 2. The van der Waals surface area contributed by atoms with Crippen molar-refractivity contribution in [2.45, 2.75) is 0 Å². The van der Waals surface area contributed by atoms with E-state index in [9.17, 15) is 0 Å². The molecule has 2 rings (SSSR count). The number of rotatable bonds is 1. The fourth-order valence-electron chi connectivity index (χ4n) is 1.17. The first-order valence-electron chi connectivity index (χ1n) is 3.87. The molecule has 0 N–H and O–H groups in total. The van der Waals surface area contributed by atoms with E-state index in [1.165, 1.54) is 5.69 Å². The van der Waals surface area contributed by atoms with E-state index in [-0.39, 0.29) is 0 Å². The van der Waals surface area contributed by atoms with Gasteiger partial charge in [0.25, 0.3) is 0 Å². The molecule has 0 aliphatic heterocycles. The first kappa shape index (κ1) is 7.16. The van der Waals surface area contributed by atoms with Crippen LogP contribution in [-0.2, 0) is 0 Å². The van der Waals surface area contributed by atoms with Gasteiger partial charge in [0.15, 0.2) is 0 Å². The first-order chi connectivity index (χ1) is 5.77. The van der Waals surface area contributed by atoms with Gasteiger partial charge < -0.3 is 9.30 Å². The van der Waals surface area contributed by atoms with E-state index in [4.69, 9.17) is 0 Å². The molecular weight excluding hydrogens is 150 g/mol. The fraction of sp³-hybridized carbons (Fsp3) is 0.222. The number of anilines is 1. The van der Waals surface area contributed by atoms with Gasteiger partial charge in [-0.2, -0.15) is 0 Å². The van der Waals surface area contributed by atoms with Gasteiger partial charge in [0, 0.05) is 32.7 Å². The van der Waals surface area contributed by atoms with Crippen molar-refractivity contribution in [2.24, 2.45) is 0 Å². The summed E-state index contributed by atoms with van der Waals surface area (Å²) in [7, 11) is 4.05. The van der Waals surface area contributed by atoms with Crippen LogP contribution in [0.4, 0.5) is 5.69 Å². The van der Waals surface area contributed by atoms with Crippen LogP contribution in [0.1, 0.15) is 0 Å². The van der Waals surface area contributed by atoms with Crippen LogP contribution in [-0.4, -0.2) is 23.5 Å². The van der Waals surface area contributed by atoms with Gasteiger partial charge in [0.05, 0.1) is 5.69 Å². The highest BCUT2D eigenvalue weighted by atomic mass is 15.1.